The smallest absolute Gasteiger partial charge is 0.271 e. The lowest BCUT2D eigenvalue weighted by Gasteiger charge is -2.08. The minimum absolute atomic E-state index is 0.0142. The standard InChI is InChI=1S/C12H13ClN4O2/c1-16-7-6-15-12(16)4-5-14-11-3-2-9(17(18)19)8-10(11)13/h2-3,6-8,14H,4-5H2,1H3. The Labute approximate surface area is 115 Å². The second-order valence-corrected chi connectivity index (χ2v) is 4.46. The highest BCUT2D eigenvalue weighted by atomic mass is 35.5. The van der Waals surface area contributed by atoms with Gasteiger partial charge in [0.1, 0.15) is 5.82 Å². The molecule has 0 aliphatic rings. The summed E-state index contributed by atoms with van der Waals surface area (Å²) >= 11 is 5.98. The molecule has 100 valence electrons. The Hall–Kier alpha value is -2.08. The Balaban J connectivity index is 1.96. The Morgan fingerprint density at radius 3 is 2.89 bits per heavy atom. The molecule has 0 atom stereocenters. The predicted molar refractivity (Wildman–Crippen MR) is 73.5 cm³/mol. The molecular formula is C12H13ClN4O2. The fraction of sp³-hybridized carbons (Fsp3) is 0.250. The van der Waals surface area contributed by atoms with E-state index >= 15 is 0 Å². The zero-order valence-electron chi connectivity index (χ0n) is 10.3. The van der Waals surface area contributed by atoms with Crippen LogP contribution in [0.25, 0.3) is 0 Å². The van der Waals surface area contributed by atoms with E-state index in [0.29, 0.717) is 17.3 Å². The van der Waals surface area contributed by atoms with Crippen LogP contribution >= 0.6 is 11.6 Å². The van der Waals surface area contributed by atoms with E-state index in [1.54, 1.807) is 12.3 Å². The van der Waals surface area contributed by atoms with Crippen molar-refractivity contribution in [3.05, 3.63) is 51.6 Å². The summed E-state index contributed by atoms with van der Waals surface area (Å²) in [5.41, 5.74) is 0.668. The molecule has 1 N–H and O–H groups in total. The summed E-state index contributed by atoms with van der Waals surface area (Å²) in [7, 11) is 1.93. The molecule has 0 bridgehead atoms. The third kappa shape index (κ3) is 3.23. The fourth-order valence-corrected chi connectivity index (χ4v) is 1.95. The molecule has 19 heavy (non-hydrogen) atoms. The zero-order chi connectivity index (χ0) is 13.8. The summed E-state index contributed by atoms with van der Waals surface area (Å²) in [6, 6.07) is 4.37. The summed E-state index contributed by atoms with van der Waals surface area (Å²) in [6.07, 6.45) is 4.37. The van der Waals surface area contributed by atoms with Crippen molar-refractivity contribution < 1.29 is 4.92 Å². The normalized spacial score (nSPS) is 10.4. The lowest BCUT2D eigenvalue weighted by atomic mass is 10.2. The average molecular weight is 281 g/mol. The van der Waals surface area contributed by atoms with Crippen molar-refractivity contribution in [1.29, 1.82) is 0 Å². The molecule has 0 spiro atoms. The van der Waals surface area contributed by atoms with Gasteiger partial charge in [0.15, 0.2) is 0 Å². The van der Waals surface area contributed by atoms with Crippen LogP contribution in [0.4, 0.5) is 11.4 Å². The Morgan fingerprint density at radius 2 is 2.32 bits per heavy atom. The van der Waals surface area contributed by atoms with Gasteiger partial charge in [0.25, 0.3) is 5.69 Å². The molecule has 0 amide bonds. The Morgan fingerprint density at radius 1 is 1.53 bits per heavy atom. The van der Waals surface area contributed by atoms with Crippen LogP contribution in [-0.2, 0) is 13.5 Å². The van der Waals surface area contributed by atoms with E-state index in [0.717, 1.165) is 12.2 Å². The number of rotatable bonds is 5. The highest BCUT2D eigenvalue weighted by Gasteiger charge is 2.09. The number of aromatic nitrogens is 2. The van der Waals surface area contributed by atoms with E-state index < -0.39 is 4.92 Å². The molecule has 0 radical (unpaired) electrons. The molecule has 0 aliphatic carbocycles. The molecule has 1 aromatic carbocycles. The van der Waals surface area contributed by atoms with Crippen molar-refractivity contribution in [2.24, 2.45) is 7.05 Å². The van der Waals surface area contributed by atoms with Gasteiger partial charge in [-0.15, -0.1) is 0 Å². The molecule has 2 aromatic rings. The predicted octanol–water partition coefficient (Wildman–Crippen LogP) is 2.64. The highest BCUT2D eigenvalue weighted by Crippen LogP contribution is 2.26. The molecule has 2 rings (SSSR count). The first-order valence-corrected chi connectivity index (χ1v) is 6.10. The number of hydrogen-bond donors (Lipinski definition) is 1. The minimum atomic E-state index is -0.469. The van der Waals surface area contributed by atoms with Crippen LogP contribution in [0, 0.1) is 10.1 Å². The van der Waals surface area contributed by atoms with Gasteiger partial charge in [0.05, 0.1) is 15.6 Å². The molecule has 1 heterocycles. The van der Waals surface area contributed by atoms with Crippen molar-refractivity contribution in [2.75, 3.05) is 11.9 Å². The maximum absolute atomic E-state index is 10.6. The van der Waals surface area contributed by atoms with Gasteiger partial charge in [-0.05, 0) is 6.07 Å². The zero-order valence-corrected chi connectivity index (χ0v) is 11.1. The lowest BCUT2D eigenvalue weighted by molar-refractivity contribution is -0.384. The van der Waals surface area contributed by atoms with E-state index in [2.05, 4.69) is 10.3 Å². The van der Waals surface area contributed by atoms with Crippen molar-refractivity contribution >= 4 is 23.0 Å². The Kier molecular flexibility index (Phi) is 4.01. The van der Waals surface area contributed by atoms with Crippen molar-refractivity contribution in [3.8, 4) is 0 Å². The number of non-ortho nitro benzene ring substituents is 1. The third-order valence-corrected chi connectivity index (χ3v) is 3.06. The number of halogens is 1. The number of imidazole rings is 1. The summed E-state index contributed by atoms with van der Waals surface area (Å²) < 4.78 is 1.94. The van der Waals surface area contributed by atoms with Crippen molar-refractivity contribution in [3.63, 3.8) is 0 Å². The topological polar surface area (TPSA) is 73.0 Å². The number of aryl methyl sites for hydroxylation is 1. The summed E-state index contributed by atoms with van der Waals surface area (Å²) in [5, 5.41) is 14.1. The van der Waals surface area contributed by atoms with Gasteiger partial charge in [-0.2, -0.15) is 0 Å². The number of nitro groups is 1. The molecule has 0 saturated heterocycles. The van der Waals surface area contributed by atoms with Gasteiger partial charge in [-0.25, -0.2) is 4.98 Å². The van der Waals surface area contributed by atoms with Crippen LogP contribution in [0.1, 0.15) is 5.82 Å². The number of hydrogen-bond acceptors (Lipinski definition) is 4. The van der Waals surface area contributed by atoms with E-state index in [4.69, 9.17) is 11.6 Å². The molecule has 1 aromatic heterocycles. The second kappa shape index (κ2) is 5.71. The van der Waals surface area contributed by atoms with Crippen LogP contribution in [0.3, 0.4) is 0 Å². The van der Waals surface area contributed by atoms with Crippen LogP contribution in [0.15, 0.2) is 30.6 Å². The first-order chi connectivity index (χ1) is 9.08. The van der Waals surface area contributed by atoms with Gasteiger partial charge < -0.3 is 9.88 Å². The molecular weight excluding hydrogens is 268 g/mol. The van der Waals surface area contributed by atoms with Crippen molar-refractivity contribution in [1.82, 2.24) is 9.55 Å². The van der Waals surface area contributed by atoms with E-state index in [1.807, 2.05) is 17.8 Å². The largest absolute Gasteiger partial charge is 0.383 e. The fourth-order valence-electron chi connectivity index (χ4n) is 1.71. The number of nitrogens with one attached hydrogen (secondary N) is 1. The number of anilines is 1. The van der Waals surface area contributed by atoms with Gasteiger partial charge in [0.2, 0.25) is 0 Å². The maximum Gasteiger partial charge on any atom is 0.271 e. The third-order valence-electron chi connectivity index (χ3n) is 2.75. The van der Waals surface area contributed by atoms with E-state index in [9.17, 15) is 10.1 Å². The molecule has 0 aliphatic heterocycles. The average Bonchev–Trinajstić information content (AvgIpc) is 2.77. The molecule has 0 fully saturated rings. The summed E-state index contributed by atoms with van der Waals surface area (Å²) in [4.78, 5) is 14.3. The first kappa shape index (κ1) is 13.4. The monoisotopic (exact) mass is 280 g/mol. The molecule has 0 saturated carbocycles. The quantitative estimate of drug-likeness (QED) is 0.675. The van der Waals surface area contributed by atoms with Crippen LogP contribution in [0.2, 0.25) is 5.02 Å². The Bertz CT molecular complexity index is 597. The number of nitrogens with zero attached hydrogens (tertiary/aromatic N) is 3. The SMILES string of the molecule is Cn1ccnc1CCNc1ccc([N+](=O)[O-])cc1Cl. The van der Waals surface area contributed by atoms with Gasteiger partial charge in [-0.3, -0.25) is 10.1 Å². The van der Waals surface area contributed by atoms with Gasteiger partial charge >= 0.3 is 0 Å². The highest BCUT2D eigenvalue weighted by molar-refractivity contribution is 6.33. The van der Waals surface area contributed by atoms with E-state index in [1.165, 1.54) is 12.1 Å². The van der Waals surface area contributed by atoms with Crippen LogP contribution in [0.5, 0.6) is 0 Å². The minimum Gasteiger partial charge on any atom is -0.383 e. The van der Waals surface area contributed by atoms with Gasteiger partial charge in [-0.1, -0.05) is 11.6 Å². The number of benzene rings is 1. The molecule has 7 heteroatoms. The van der Waals surface area contributed by atoms with Gasteiger partial charge in [0, 0.05) is 44.5 Å². The maximum atomic E-state index is 10.6. The summed E-state index contributed by atoms with van der Waals surface area (Å²) in [6.45, 7) is 0.655. The molecule has 0 unspecified atom stereocenters. The van der Waals surface area contributed by atoms with Crippen LogP contribution in [-0.4, -0.2) is 21.0 Å². The molecule has 6 nitrogen and oxygen atoms in total. The first-order valence-electron chi connectivity index (χ1n) is 5.72. The van der Waals surface area contributed by atoms with E-state index in [-0.39, 0.29) is 5.69 Å². The van der Waals surface area contributed by atoms with Crippen LogP contribution < -0.4 is 5.32 Å². The lowest BCUT2D eigenvalue weighted by Crippen LogP contribution is -2.08. The summed E-state index contributed by atoms with van der Waals surface area (Å²) in [5.74, 6) is 0.963. The number of nitro benzene ring substituents is 1. The van der Waals surface area contributed by atoms with Crippen molar-refractivity contribution in [2.45, 2.75) is 6.42 Å². The second-order valence-electron chi connectivity index (χ2n) is 4.05.